The molecule has 0 fully saturated rings. The minimum atomic E-state index is 0.175. The van der Waals surface area contributed by atoms with Gasteiger partial charge in [-0.1, -0.05) is 58.3 Å². The van der Waals surface area contributed by atoms with Gasteiger partial charge in [0.05, 0.1) is 0 Å². The maximum Gasteiger partial charge on any atom is 0.219 e. The van der Waals surface area contributed by atoms with Gasteiger partial charge in [0.15, 0.2) is 0 Å². The molecule has 4 heteroatoms. The largest absolute Gasteiger partial charge is 0.396 e. The fourth-order valence-corrected chi connectivity index (χ4v) is 2.87. The van der Waals surface area contributed by atoms with Crippen LogP contribution in [0.2, 0.25) is 0 Å². The number of carbonyl (C=O) groups excluding carboxylic acids is 1. The zero-order chi connectivity index (χ0) is 17.3. The summed E-state index contributed by atoms with van der Waals surface area (Å²) in [4.78, 5) is 13.9. The van der Waals surface area contributed by atoms with Crippen molar-refractivity contribution in [2.75, 3.05) is 27.2 Å². The van der Waals surface area contributed by atoms with Crippen LogP contribution in [-0.2, 0) is 4.79 Å². The van der Waals surface area contributed by atoms with E-state index in [4.69, 9.17) is 5.11 Å². The van der Waals surface area contributed by atoms with E-state index in [2.05, 4.69) is 17.1 Å². The number of unbranched alkanes of at least 4 members (excludes halogenated alkanes) is 8. The summed E-state index contributed by atoms with van der Waals surface area (Å²) >= 11 is 0. The summed E-state index contributed by atoms with van der Waals surface area (Å²) in [6.07, 6.45) is 13.9. The Hall–Kier alpha value is -0.610. The van der Waals surface area contributed by atoms with Crippen LogP contribution in [0.15, 0.2) is 0 Å². The molecule has 0 aliphatic carbocycles. The molecule has 0 bridgehead atoms. The van der Waals surface area contributed by atoms with Crippen LogP contribution in [0.3, 0.4) is 0 Å². The average Bonchev–Trinajstić information content (AvgIpc) is 2.52. The van der Waals surface area contributed by atoms with Crippen molar-refractivity contribution < 1.29 is 9.90 Å². The van der Waals surface area contributed by atoms with E-state index >= 15 is 0 Å². The Labute approximate surface area is 144 Å². The van der Waals surface area contributed by atoms with Gasteiger partial charge in [-0.15, -0.1) is 0 Å². The van der Waals surface area contributed by atoms with Crippen molar-refractivity contribution in [2.24, 2.45) is 0 Å². The standard InChI is InChI=1S/C19H40N2O2/c1-4-5-6-7-8-9-10-11-12-13-19(23)20-16-14-18(15-17-22)21(2)3/h18,22H,4-17H2,1-3H3,(H,20,23). The second-order valence-electron chi connectivity index (χ2n) is 6.85. The van der Waals surface area contributed by atoms with E-state index in [0.717, 1.165) is 19.3 Å². The fourth-order valence-electron chi connectivity index (χ4n) is 2.87. The molecule has 0 aliphatic heterocycles. The van der Waals surface area contributed by atoms with Crippen molar-refractivity contribution in [3.8, 4) is 0 Å². The van der Waals surface area contributed by atoms with Crippen molar-refractivity contribution in [3.63, 3.8) is 0 Å². The van der Waals surface area contributed by atoms with Crippen LogP contribution in [0, 0.1) is 0 Å². The van der Waals surface area contributed by atoms with Crippen molar-refractivity contribution in [3.05, 3.63) is 0 Å². The first-order valence-electron chi connectivity index (χ1n) is 9.65. The number of aliphatic hydroxyl groups is 1. The SMILES string of the molecule is CCCCCCCCCCCC(=O)NCCC(CCO)N(C)C. The summed E-state index contributed by atoms with van der Waals surface area (Å²) in [7, 11) is 4.04. The smallest absolute Gasteiger partial charge is 0.219 e. The first kappa shape index (κ1) is 22.4. The Morgan fingerprint density at radius 2 is 1.52 bits per heavy atom. The van der Waals surface area contributed by atoms with E-state index in [1.807, 2.05) is 14.1 Å². The summed E-state index contributed by atoms with van der Waals surface area (Å²) < 4.78 is 0. The van der Waals surface area contributed by atoms with Gasteiger partial charge in [-0.05, 0) is 33.4 Å². The first-order chi connectivity index (χ1) is 11.1. The maximum absolute atomic E-state index is 11.8. The molecule has 0 aliphatic rings. The molecule has 0 heterocycles. The van der Waals surface area contributed by atoms with Crippen LogP contribution in [0.4, 0.5) is 0 Å². The third-order valence-electron chi connectivity index (χ3n) is 4.50. The third kappa shape index (κ3) is 14.7. The lowest BCUT2D eigenvalue weighted by atomic mass is 10.1. The molecule has 0 radical (unpaired) electrons. The molecule has 1 unspecified atom stereocenters. The van der Waals surface area contributed by atoms with Gasteiger partial charge in [-0.2, -0.15) is 0 Å². The molecule has 138 valence electrons. The average molecular weight is 329 g/mol. The summed E-state index contributed by atoms with van der Waals surface area (Å²) in [5.74, 6) is 0.175. The number of nitrogens with one attached hydrogen (secondary N) is 1. The van der Waals surface area contributed by atoms with E-state index in [9.17, 15) is 4.79 Å². The predicted molar refractivity (Wildman–Crippen MR) is 98.6 cm³/mol. The third-order valence-corrected chi connectivity index (χ3v) is 4.50. The van der Waals surface area contributed by atoms with Crippen molar-refractivity contribution in [1.29, 1.82) is 0 Å². The Morgan fingerprint density at radius 1 is 0.957 bits per heavy atom. The Balaban J connectivity index is 3.43. The van der Waals surface area contributed by atoms with Crippen molar-refractivity contribution in [2.45, 2.75) is 90.0 Å². The summed E-state index contributed by atoms with van der Waals surface area (Å²) in [5.41, 5.74) is 0. The molecule has 1 amide bonds. The maximum atomic E-state index is 11.8. The highest BCUT2D eigenvalue weighted by molar-refractivity contribution is 5.75. The van der Waals surface area contributed by atoms with E-state index in [0.29, 0.717) is 19.0 Å². The van der Waals surface area contributed by atoms with E-state index in [-0.39, 0.29) is 12.5 Å². The number of carbonyl (C=O) groups is 1. The lowest BCUT2D eigenvalue weighted by Crippen LogP contribution is -2.34. The molecule has 0 aromatic heterocycles. The number of rotatable bonds is 16. The van der Waals surface area contributed by atoms with Crippen LogP contribution in [0.25, 0.3) is 0 Å². The molecule has 0 spiro atoms. The number of hydrogen-bond donors (Lipinski definition) is 2. The van der Waals surface area contributed by atoms with E-state index < -0.39 is 0 Å². The molecule has 23 heavy (non-hydrogen) atoms. The second kappa shape index (κ2) is 16.3. The molecule has 0 aromatic rings. The molecule has 4 nitrogen and oxygen atoms in total. The van der Waals surface area contributed by atoms with Crippen LogP contribution in [0.1, 0.15) is 84.0 Å². The molecular weight excluding hydrogens is 288 g/mol. The van der Waals surface area contributed by atoms with Crippen LogP contribution in [0.5, 0.6) is 0 Å². The van der Waals surface area contributed by atoms with E-state index in [1.165, 1.54) is 51.4 Å². The van der Waals surface area contributed by atoms with Gasteiger partial charge in [-0.3, -0.25) is 4.79 Å². The van der Waals surface area contributed by atoms with Gasteiger partial charge in [0.25, 0.3) is 0 Å². The second-order valence-corrected chi connectivity index (χ2v) is 6.85. The Morgan fingerprint density at radius 3 is 2.04 bits per heavy atom. The molecule has 0 saturated heterocycles. The fraction of sp³-hybridized carbons (Fsp3) is 0.947. The quantitative estimate of drug-likeness (QED) is 0.425. The van der Waals surface area contributed by atoms with Crippen LogP contribution in [-0.4, -0.2) is 49.2 Å². The van der Waals surface area contributed by atoms with Gasteiger partial charge in [0.1, 0.15) is 0 Å². The predicted octanol–water partition coefficient (Wildman–Crippen LogP) is 3.73. The van der Waals surface area contributed by atoms with Crippen molar-refractivity contribution >= 4 is 5.91 Å². The number of aliphatic hydroxyl groups excluding tert-OH is 1. The number of amides is 1. The first-order valence-corrected chi connectivity index (χ1v) is 9.65. The number of nitrogens with zero attached hydrogens (tertiary/aromatic N) is 1. The molecule has 0 rings (SSSR count). The van der Waals surface area contributed by atoms with E-state index in [1.54, 1.807) is 0 Å². The lowest BCUT2D eigenvalue weighted by Gasteiger charge is -2.23. The Kier molecular flexibility index (Phi) is 15.8. The molecule has 2 N–H and O–H groups in total. The van der Waals surface area contributed by atoms with Gasteiger partial charge in [-0.25, -0.2) is 0 Å². The molecular formula is C19H40N2O2. The molecule has 1 atom stereocenters. The Bertz CT molecular complexity index is 270. The van der Waals surface area contributed by atoms with Gasteiger partial charge < -0.3 is 15.3 Å². The van der Waals surface area contributed by atoms with Gasteiger partial charge >= 0.3 is 0 Å². The highest BCUT2D eigenvalue weighted by atomic mass is 16.3. The van der Waals surface area contributed by atoms with Crippen LogP contribution >= 0.6 is 0 Å². The minimum Gasteiger partial charge on any atom is -0.396 e. The summed E-state index contributed by atoms with van der Waals surface area (Å²) in [6, 6.07) is 0.341. The topological polar surface area (TPSA) is 52.6 Å². The monoisotopic (exact) mass is 328 g/mol. The van der Waals surface area contributed by atoms with Crippen molar-refractivity contribution in [1.82, 2.24) is 10.2 Å². The lowest BCUT2D eigenvalue weighted by molar-refractivity contribution is -0.121. The van der Waals surface area contributed by atoms with Gasteiger partial charge in [0, 0.05) is 25.6 Å². The summed E-state index contributed by atoms with van der Waals surface area (Å²) in [6.45, 7) is 3.16. The highest BCUT2D eigenvalue weighted by Gasteiger charge is 2.10. The van der Waals surface area contributed by atoms with Gasteiger partial charge in [0.2, 0.25) is 5.91 Å². The molecule has 0 aromatic carbocycles. The highest BCUT2D eigenvalue weighted by Crippen LogP contribution is 2.10. The number of hydrogen-bond acceptors (Lipinski definition) is 3. The zero-order valence-corrected chi connectivity index (χ0v) is 15.8. The normalized spacial score (nSPS) is 12.6. The summed E-state index contributed by atoms with van der Waals surface area (Å²) in [5, 5.41) is 12.0. The van der Waals surface area contributed by atoms with Crippen LogP contribution < -0.4 is 5.32 Å². The minimum absolute atomic E-state index is 0.175. The zero-order valence-electron chi connectivity index (χ0n) is 15.8. The molecule has 0 saturated carbocycles.